The van der Waals surface area contributed by atoms with Gasteiger partial charge in [-0.3, -0.25) is 4.18 Å². The molecule has 4 rings (SSSR count). The molecule has 31 heavy (non-hydrogen) atoms. The van der Waals surface area contributed by atoms with Crippen molar-refractivity contribution in [3.05, 3.63) is 59.7 Å². The van der Waals surface area contributed by atoms with Crippen molar-refractivity contribution >= 4 is 21.3 Å². The number of phenolic OH excluding ortho intramolecular Hbond substituents is 1. The van der Waals surface area contributed by atoms with Gasteiger partial charge in [-0.05, 0) is 54.9 Å². The fourth-order valence-electron chi connectivity index (χ4n) is 4.45. The Morgan fingerprint density at radius 3 is 2.13 bits per heavy atom. The first kappa shape index (κ1) is 24.1. The monoisotopic (exact) mass is 464 g/mol. The Balaban J connectivity index is 0.000000176. The number of benzene rings is 2. The molecule has 0 bridgehead atoms. The largest absolute Gasteiger partial charge is 0.726 e. The summed E-state index contributed by atoms with van der Waals surface area (Å²) in [6.07, 6.45) is 2.28. The predicted octanol–water partition coefficient (Wildman–Crippen LogP) is 5.01. The SMILES string of the molecule is CC1CCC(C(C)C)C(OS(=O)(=O)[O-])C1.Oc1ccc([S+]2Cc3ccccc3C2)cc1. The van der Waals surface area contributed by atoms with Gasteiger partial charge in [0.15, 0.2) is 4.90 Å². The Morgan fingerprint density at radius 2 is 1.61 bits per heavy atom. The van der Waals surface area contributed by atoms with E-state index >= 15 is 0 Å². The maximum Gasteiger partial charge on any atom is 0.217 e. The van der Waals surface area contributed by atoms with E-state index < -0.39 is 16.5 Å². The summed E-state index contributed by atoms with van der Waals surface area (Å²) in [7, 11) is -4.27. The van der Waals surface area contributed by atoms with Crippen LogP contribution in [0.1, 0.15) is 51.2 Å². The Kier molecular flexibility index (Phi) is 8.08. The highest BCUT2D eigenvalue weighted by molar-refractivity contribution is 7.95. The van der Waals surface area contributed by atoms with Crippen LogP contribution in [0.25, 0.3) is 0 Å². The van der Waals surface area contributed by atoms with E-state index in [9.17, 15) is 18.1 Å². The number of hydrogen-bond donors (Lipinski definition) is 1. The van der Waals surface area contributed by atoms with Crippen LogP contribution in [0, 0.1) is 17.8 Å². The lowest BCUT2D eigenvalue weighted by Crippen LogP contribution is -2.35. The molecule has 0 aromatic heterocycles. The summed E-state index contributed by atoms with van der Waals surface area (Å²) in [5.74, 6) is 3.63. The maximum atomic E-state index is 10.6. The van der Waals surface area contributed by atoms with Crippen molar-refractivity contribution in [2.45, 2.75) is 62.5 Å². The number of rotatable bonds is 4. The van der Waals surface area contributed by atoms with E-state index in [-0.39, 0.29) is 5.92 Å². The summed E-state index contributed by atoms with van der Waals surface area (Å²) in [6, 6.07) is 16.3. The highest BCUT2D eigenvalue weighted by atomic mass is 32.3. The molecule has 1 N–H and O–H groups in total. The first-order chi connectivity index (χ1) is 14.6. The molecule has 5 nitrogen and oxygen atoms in total. The molecule has 1 aliphatic carbocycles. The smallest absolute Gasteiger partial charge is 0.217 e. The molecule has 1 heterocycles. The highest BCUT2D eigenvalue weighted by Gasteiger charge is 2.33. The van der Waals surface area contributed by atoms with Crippen LogP contribution in [0.15, 0.2) is 53.4 Å². The Labute approximate surface area is 189 Å². The van der Waals surface area contributed by atoms with Crippen LogP contribution in [0.4, 0.5) is 0 Å². The van der Waals surface area contributed by atoms with Crippen molar-refractivity contribution in [3.63, 3.8) is 0 Å². The first-order valence-corrected chi connectivity index (χ1v) is 13.7. The number of fused-ring (bicyclic) bond motifs is 1. The zero-order valence-corrected chi connectivity index (χ0v) is 20.0. The first-order valence-electron chi connectivity index (χ1n) is 10.8. The highest BCUT2D eigenvalue weighted by Crippen LogP contribution is 2.36. The van der Waals surface area contributed by atoms with Gasteiger partial charge < -0.3 is 9.66 Å². The Bertz CT molecular complexity index is 931. The fourth-order valence-corrected chi connectivity index (χ4v) is 7.24. The molecule has 0 spiro atoms. The number of hydrogen-bond acceptors (Lipinski definition) is 5. The normalized spacial score (nSPS) is 23.8. The molecule has 3 unspecified atom stereocenters. The van der Waals surface area contributed by atoms with Crippen LogP contribution in [0.5, 0.6) is 5.75 Å². The van der Waals surface area contributed by atoms with Crippen molar-refractivity contribution in [1.82, 2.24) is 0 Å². The molecular weight excluding hydrogens is 432 g/mol. The standard InChI is InChI=1S/C14H12OS.C10H20O4S/c15-13-5-7-14(8-6-13)16-9-11-3-1-2-4-12(11)10-16;1-7(2)9-5-4-8(3)6-10(9)14-15(11,12)13/h1-8H,9-10H2;7-10H,4-6H2,1-3H3,(H,11,12,13). The van der Waals surface area contributed by atoms with Gasteiger partial charge in [-0.1, -0.05) is 51.5 Å². The maximum absolute atomic E-state index is 10.6. The zero-order valence-electron chi connectivity index (χ0n) is 18.4. The minimum Gasteiger partial charge on any atom is -0.726 e. The molecule has 2 aliphatic rings. The molecule has 3 atom stereocenters. The third-order valence-corrected chi connectivity index (χ3v) is 8.89. The summed E-state index contributed by atoms with van der Waals surface area (Å²) in [5.41, 5.74) is 2.97. The molecule has 2 aromatic rings. The molecule has 1 aliphatic heterocycles. The average molecular weight is 465 g/mol. The van der Waals surface area contributed by atoms with Crippen LogP contribution in [-0.2, 0) is 37.0 Å². The van der Waals surface area contributed by atoms with Gasteiger partial charge in [0.1, 0.15) is 17.3 Å². The Hall–Kier alpha value is -1.54. The van der Waals surface area contributed by atoms with E-state index in [0.29, 0.717) is 34.9 Å². The molecular formula is C24H32O5S2. The molecule has 1 saturated carbocycles. The van der Waals surface area contributed by atoms with Gasteiger partial charge in [-0.2, -0.15) is 0 Å². The minimum absolute atomic E-state index is 0.185. The Morgan fingerprint density at radius 1 is 1.03 bits per heavy atom. The average Bonchev–Trinajstić information content (AvgIpc) is 3.12. The number of aromatic hydroxyl groups is 1. The van der Waals surface area contributed by atoms with Gasteiger partial charge in [-0.15, -0.1) is 0 Å². The van der Waals surface area contributed by atoms with Gasteiger partial charge in [0.25, 0.3) is 0 Å². The zero-order chi connectivity index (χ0) is 22.6. The van der Waals surface area contributed by atoms with Crippen molar-refractivity contribution in [3.8, 4) is 5.75 Å². The summed E-state index contributed by atoms with van der Waals surface area (Å²) < 4.78 is 36.4. The van der Waals surface area contributed by atoms with E-state index in [1.54, 1.807) is 12.1 Å². The summed E-state index contributed by atoms with van der Waals surface area (Å²) >= 11 is 0. The quantitative estimate of drug-likeness (QED) is 0.391. The van der Waals surface area contributed by atoms with E-state index in [1.165, 1.54) is 16.0 Å². The predicted molar refractivity (Wildman–Crippen MR) is 124 cm³/mol. The van der Waals surface area contributed by atoms with Crippen molar-refractivity contribution in [1.29, 1.82) is 0 Å². The topological polar surface area (TPSA) is 86.7 Å². The van der Waals surface area contributed by atoms with Crippen molar-refractivity contribution in [2.75, 3.05) is 0 Å². The lowest BCUT2D eigenvalue weighted by molar-refractivity contribution is 0.0411. The van der Waals surface area contributed by atoms with E-state index in [0.717, 1.165) is 24.3 Å². The van der Waals surface area contributed by atoms with Crippen molar-refractivity contribution in [2.24, 2.45) is 17.8 Å². The fraction of sp³-hybridized carbons (Fsp3) is 0.500. The minimum atomic E-state index is -4.56. The van der Waals surface area contributed by atoms with Crippen LogP contribution >= 0.6 is 0 Å². The summed E-state index contributed by atoms with van der Waals surface area (Å²) in [4.78, 5) is 1.36. The molecule has 0 amide bonds. The summed E-state index contributed by atoms with van der Waals surface area (Å²) in [6.45, 7) is 6.13. The third-order valence-electron chi connectivity index (χ3n) is 6.15. The van der Waals surface area contributed by atoms with Gasteiger partial charge in [0.2, 0.25) is 10.4 Å². The van der Waals surface area contributed by atoms with Gasteiger partial charge >= 0.3 is 0 Å². The second-order valence-corrected chi connectivity index (χ2v) is 12.0. The van der Waals surface area contributed by atoms with E-state index in [1.807, 2.05) is 26.0 Å². The molecule has 7 heteroatoms. The lowest BCUT2D eigenvalue weighted by Gasteiger charge is -2.37. The molecule has 170 valence electrons. The van der Waals surface area contributed by atoms with Gasteiger partial charge in [0, 0.05) is 22.0 Å². The number of phenols is 1. The lowest BCUT2D eigenvalue weighted by atomic mass is 9.75. The van der Waals surface area contributed by atoms with E-state index in [4.69, 9.17) is 0 Å². The van der Waals surface area contributed by atoms with Crippen LogP contribution in [0.3, 0.4) is 0 Å². The second kappa shape index (κ2) is 10.4. The van der Waals surface area contributed by atoms with Crippen LogP contribution < -0.4 is 0 Å². The van der Waals surface area contributed by atoms with Crippen LogP contribution in [0.2, 0.25) is 0 Å². The molecule has 0 saturated heterocycles. The van der Waals surface area contributed by atoms with Gasteiger partial charge in [-0.25, -0.2) is 8.42 Å². The molecule has 1 fully saturated rings. The van der Waals surface area contributed by atoms with Crippen molar-refractivity contribution < 1.29 is 22.3 Å². The summed E-state index contributed by atoms with van der Waals surface area (Å²) in [5, 5.41) is 9.28. The van der Waals surface area contributed by atoms with E-state index in [2.05, 4.69) is 35.4 Å². The second-order valence-electron chi connectivity index (χ2n) is 8.91. The van der Waals surface area contributed by atoms with Gasteiger partial charge in [0.05, 0.1) is 6.10 Å². The molecule has 0 radical (unpaired) electrons. The molecule has 2 aromatic carbocycles. The third kappa shape index (κ3) is 6.97. The van der Waals surface area contributed by atoms with Crippen LogP contribution in [-0.4, -0.2) is 24.2 Å².